The van der Waals surface area contributed by atoms with Crippen LogP contribution in [0.4, 0.5) is 23.1 Å². The maximum absolute atomic E-state index is 13.1. The largest absolute Gasteiger partial charge is 0.385 e. The van der Waals surface area contributed by atoms with Crippen molar-refractivity contribution in [2.75, 3.05) is 35.3 Å². The molecule has 7 heteroatoms. The first-order valence-corrected chi connectivity index (χ1v) is 12.0. The van der Waals surface area contributed by atoms with E-state index in [1.807, 2.05) is 45.2 Å². The van der Waals surface area contributed by atoms with Crippen molar-refractivity contribution < 1.29 is 4.79 Å². The molecule has 0 atom stereocenters. The highest BCUT2D eigenvalue weighted by Gasteiger charge is 2.41. The van der Waals surface area contributed by atoms with Gasteiger partial charge >= 0.3 is 0 Å². The van der Waals surface area contributed by atoms with Crippen LogP contribution < -0.4 is 20.4 Å². The van der Waals surface area contributed by atoms with Gasteiger partial charge in [0.15, 0.2) is 5.82 Å². The Morgan fingerprint density at radius 3 is 2.58 bits per heavy atom. The molecule has 0 bridgehead atoms. The Hall–Kier alpha value is -3.09. The van der Waals surface area contributed by atoms with Gasteiger partial charge in [-0.3, -0.25) is 4.79 Å². The third-order valence-corrected chi connectivity index (χ3v) is 6.68. The first kappa shape index (κ1) is 23.1. The zero-order chi connectivity index (χ0) is 23.6. The van der Waals surface area contributed by atoms with E-state index in [2.05, 4.69) is 34.0 Å². The number of fused-ring (bicyclic) bond motifs is 1. The number of hydrogen-bond donors (Lipinski definition) is 2. The van der Waals surface area contributed by atoms with E-state index in [-0.39, 0.29) is 5.91 Å². The summed E-state index contributed by atoms with van der Waals surface area (Å²) in [6.07, 6.45) is 7.56. The molecule has 2 aliphatic rings. The second kappa shape index (κ2) is 9.41. The molecule has 1 aromatic heterocycles. The Morgan fingerprint density at radius 1 is 1.21 bits per heavy atom. The summed E-state index contributed by atoms with van der Waals surface area (Å²) >= 11 is 0. The number of anilines is 4. The van der Waals surface area contributed by atoms with Crippen molar-refractivity contribution in [1.29, 1.82) is 0 Å². The molecule has 0 radical (unpaired) electrons. The van der Waals surface area contributed by atoms with Crippen molar-refractivity contribution in [3.63, 3.8) is 0 Å². The van der Waals surface area contributed by atoms with Gasteiger partial charge in [0.25, 0.3) is 0 Å². The van der Waals surface area contributed by atoms with E-state index < -0.39 is 5.41 Å². The molecule has 176 valence electrons. The molecule has 0 spiro atoms. The number of rotatable bonds is 7. The highest BCUT2D eigenvalue weighted by atomic mass is 16.2. The summed E-state index contributed by atoms with van der Waals surface area (Å²) in [5.74, 6) is 1.48. The lowest BCUT2D eigenvalue weighted by molar-refractivity contribution is -0.125. The highest BCUT2D eigenvalue weighted by Crippen LogP contribution is 2.40. The summed E-state index contributed by atoms with van der Waals surface area (Å²) in [4.78, 5) is 26.7. The lowest BCUT2D eigenvalue weighted by atomic mass is 9.91. The van der Waals surface area contributed by atoms with Gasteiger partial charge in [-0.2, -0.15) is 4.98 Å². The lowest BCUT2D eigenvalue weighted by Gasteiger charge is -2.34. The fraction of sp³-hybridized carbons (Fsp3) is 0.500. The maximum Gasteiger partial charge on any atom is 0.234 e. The fourth-order valence-corrected chi connectivity index (χ4v) is 4.79. The van der Waals surface area contributed by atoms with E-state index in [4.69, 9.17) is 4.98 Å². The molecule has 1 aliphatic carbocycles. The highest BCUT2D eigenvalue weighted by molar-refractivity contribution is 6.00. The molecule has 2 heterocycles. The van der Waals surface area contributed by atoms with Crippen LogP contribution in [0.15, 0.2) is 37.0 Å². The zero-order valence-corrected chi connectivity index (χ0v) is 20.3. The summed E-state index contributed by atoms with van der Waals surface area (Å²) in [5.41, 5.74) is 3.18. The van der Waals surface area contributed by atoms with Crippen LogP contribution >= 0.6 is 0 Å². The molecule has 1 saturated carbocycles. The Morgan fingerprint density at radius 2 is 1.91 bits per heavy atom. The number of nitrogens with one attached hydrogen (secondary N) is 2. The lowest BCUT2D eigenvalue weighted by Crippen LogP contribution is -2.45. The smallest absolute Gasteiger partial charge is 0.234 e. The van der Waals surface area contributed by atoms with Crippen LogP contribution in [0.5, 0.6) is 0 Å². The van der Waals surface area contributed by atoms with Crippen molar-refractivity contribution >= 4 is 34.7 Å². The van der Waals surface area contributed by atoms with Crippen LogP contribution in [0.25, 0.3) is 5.70 Å². The summed E-state index contributed by atoms with van der Waals surface area (Å²) < 4.78 is 0. The van der Waals surface area contributed by atoms with E-state index in [1.165, 1.54) is 12.8 Å². The third kappa shape index (κ3) is 4.82. The Labute approximate surface area is 197 Å². The Kier molecular flexibility index (Phi) is 6.58. The first-order chi connectivity index (χ1) is 15.8. The van der Waals surface area contributed by atoms with Crippen LogP contribution in [0, 0.1) is 5.41 Å². The van der Waals surface area contributed by atoms with Gasteiger partial charge in [-0.1, -0.05) is 38.5 Å². The Bertz CT molecular complexity index is 1010. The molecule has 0 unspecified atom stereocenters. The SMILES string of the molecule is C=C(NCCC)c1ccc(Nc2ncc3c(n2)N(C2CCCC2)CC(C)(C)C(=O)N3C)cc1. The van der Waals surface area contributed by atoms with Gasteiger partial charge in [0, 0.05) is 37.6 Å². The normalized spacial score (nSPS) is 18.1. The molecule has 2 N–H and O–H groups in total. The number of carbonyl (C=O) groups is 1. The van der Waals surface area contributed by atoms with Gasteiger partial charge in [0.2, 0.25) is 11.9 Å². The van der Waals surface area contributed by atoms with E-state index in [0.717, 1.165) is 54.3 Å². The maximum atomic E-state index is 13.1. The minimum atomic E-state index is -0.490. The van der Waals surface area contributed by atoms with Gasteiger partial charge < -0.3 is 20.4 Å². The van der Waals surface area contributed by atoms with Crippen molar-refractivity contribution in [3.8, 4) is 0 Å². The van der Waals surface area contributed by atoms with Crippen LogP contribution in [0.1, 0.15) is 58.4 Å². The summed E-state index contributed by atoms with van der Waals surface area (Å²) in [7, 11) is 1.83. The van der Waals surface area contributed by atoms with Crippen LogP contribution in [-0.4, -0.2) is 42.1 Å². The predicted octanol–water partition coefficient (Wildman–Crippen LogP) is 4.94. The van der Waals surface area contributed by atoms with Crippen LogP contribution in [0.2, 0.25) is 0 Å². The second-order valence-electron chi connectivity index (χ2n) is 9.82. The monoisotopic (exact) mass is 448 g/mol. The van der Waals surface area contributed by atoms with Gasteiger partial charge in [-0.25, -0.2) is 4.98 Å². The number of aromatic nitrogens is 2. The average Bonchev–Trinajstić information content (AvgIpc) is 3.33. The summed E-state index contributed by atoms with van der Waals surface area (Å²) in [6.45, 7) is 11.9. The molecule has 4 rings (SSSR count). The van der Waals surface area contributed by atoms with E-state index in [0.29, 0.717) is 18.5 Å². The predicted molar refractivity (Wildman–Crippen MR) is 136 cm³/mol. The standard InChI is InChI=1S/C26H36N6O/c1-6-15-27-18(2)19-11-13-20(14-12-19)29-25-28-16-22-23(30-25)32(21-9-7-8-10-21)17-26(3,4)24(33)31(22)5/h11-14,16,21,27H,2,6-10,15,17H2,1,3-5H3,(H,28,29,30). The van der Waals surface area contributed by atoms with E-state index >= 15 is 0 Å². The molecule has 2 aromatic rings. The molecule has 1 amide bonds. The molecule has 1 aromatic carbocycles. The van der Waals surface area contributed by atoms with Crippen LogP contribution in [0.3, 0.4) is 0 Å². The van der Waals surface area contributed by atoms with E-state index in [1.54, 1.807) is 11.1 Å². The molecule has 1 fully saturated rings. The average molecular weight is 449 g/mol. The molecular weight excluding hydrogens is 412 g/mol. The molecule has 7 nitrogen and oxygen atoms in total. The summed E-state index contributed by atoms with van der Waals surface area (Å²) in [5, 5.41) is 6.67. The molecule has 1 aliphatic heterocycles. The van der Waals surface area contributed by atoms with Gasteiger partial charge in [0.1, 0.15) is 5.69 Å². The number of carbonyl (C=O) groups excluding carboxylic acids is 1. The topological polar surface area (TPSA) is 73.4 Å². The number of amides is 1. The molecule has 33 heavy (non-hydrogen) atoms. The van der Waals surface area contributed by atoms with Gasteiger partial charge in [0.05, 0.1) is 11.6 Å². The quantitative estimate of drug-likeness (QED) is 0.625. The van der Waals surface area contributed by atoms with Crippen molar-refractivity contribution in [2.24, 2.45) is 5.41 Å². The van der Waals surface area contributed by atoms with E-state index in [9.17, 15) is 4.79 Å². The molecular formula is C26H36N6O. The number of benzene rings is 1. The summed E-state index contributed by atoms with van der Waals surface area (Å²) in [6, 6.07) is 8.51. The zero-order valence-electron chi connectivity index (χ0n) is 20.3. The van der Waals surface area contributed by atoms with Crippen molar-refractivity contribution in [2.45, 2.75) is 58.9 Å². The number of nitrogens with zero attached hydrogens (tertiary/aromatic N) is 4. The minimum absolute atomic E-state index is 0.0982. The van der Waals surface area contributed by atoms with Crippen molar-refractivity contribution in [1.82, 2.24) is 15.3 Å². The Balaban J connectivity index is 1.61. The third-order valence-electron chi connectivity index (χ3n) is 6.68. The van der Waals surface area contributed by atoms with Gasteiger partial charge in [-0.05, 0) is 50.8 Å². The first-order valence-electron chi connectivity index (χ1n) is 12.0. The minimum Gasteiger partial charge on any atom is -0.385 e. The number of hydrogen-bond acceptors (Lipinski definition) is 6. The fourth-order valence-electron chi connectivity index (χ4n) is 4.79. The van der Waals surface area contributed by atoms with Gasteiger partial charge in [-0.15, -0.1) is 0 Å². The second-order valence-corrected chi connectivity index (χ2v) is 9.82. The molecule has 0 saturated heterocycles. The van der Waals surface area contributed by atoms with Crippen LogP contribution in [-0.2, 0) is 4.79 Å². The van der Waals surface area contributed by atoms with Crippen molar-refractivity contribution in [3.05, 3.63) is 42.6 Å².